The number of rotatable bonds is 1. The normalized spacial score (nSPS) is 21.1. The van der Waals surface area contributed by atoms with Crippen molar-refractivity contribution in [1.82, 2.24) is 4.98 Å². The minimum Gasteiger partial charge on any atom is -0.373 e. The van der Waals surface area contributed by atoms with Crippen LogP contribution in [-0.2, 0) is 4.74 Å². The molecular formula is C12H12N2OS. The van der Waals surface area contributed by atoms with Crippen molar-refractivity contribution in [2.75, 3.05) is 13.2 Å². The van der Waals surface area contributed by atoms with Gasteiger partial charge in [0, 0.05) is 5.56 Å². The van der Waals surface area contributed by atoms with Crippen LogP contribution in [0.3, 0.4) is 0 Å². The average Bonchev–Trinajstić information content (AvgIpc) is 2.75. The molecule has 0 N–H and O–H groups in total. The minimum atomic E-state index is 0.259. The number of fused-ring (bicyclic) bond motifs is 1. The van der Waals surface area contributed by atoms with Crippen LogP contribution in [0.15, 0.2) is 28.7 Å². The smallest absolute Gasteiger partial charge is 0.0890 e. The molecule has 1 aromatic carbocycles. The van der Waals surface area contributed by atoms with Crippen LogP contribution >= 0.6 is 11.3 Å². The van der Waals surface area contributed by atoms with E-state index in [4.69, 9.17) is 4.74 Å². The largest absolute Gasteiger partial charge is 0.373 e. The molecule has 0 radical (unpaired) electrons. The zero-order chi connectivity index (χ0) is 11.0. The van der Waals surface area contributed by atoms with Gasteiger partial charge in [0.2, 0.25) is 0 Å². The van der Waals surface area contributed by atoms with E-state index >= 15 is 0 Å². The van der Waals surface area contributed by atoms with E-state index in [0.29, 0.717) is 6.61 Å². The third kappa shape index (κ3) is 1.74. The van der Waals surface area contributed by atoms with Crippen molar-refractivity contribution < 1.29 is 4.74 Å². The Morgan fingerprint density at radius 2 is 2.38 bits per heavy atom. The van der Waals surface area contributed by atoms with Gasteiger partial charge in [0.1, 0.15) is 0 Å². The molecule has 0 amide bonds. The summed E-state index contributed by atoms with van der Waals surface area (Å²) in [5.41, 5.74) is 5.08. The Kier molecular flexibility index (Phi) is 2.46. The van der Waals surface area contributed by atoms with Crippen LogP contribution in [0.4, 0.5) is 0 Å². The summed E-state index contributed by atoms with van der Waals surface area (Å²) in [7, 11) is 0. The topological polar surface area (TPSA) is 34.5 Å². The number of nitrogens with zero attached hydrogens (tertiary/aromatic N) is 2. The molecule has 0 fully saturated rings. The summed E-state index contributed by atoms with van der Waals surface area (Å²) in [6.45, 7) is 3.41. The summed E-state index contributed by atoms with van der Waals surface area (Å²) in [6.07, 6.45) is 0. The predicted molar refractivity (Wildman–Crippen MR) is 66.4 cm³/mol. The molecule has 0 spiro atoms. The van der Waals surface area contributed by atoms with Crippen LogP contribution in [0.2, 0.25) is 0 Å². The van der Waals surface area contributed by atoms with Gasteiger partial charge < -0.3 is 4.74 Å². The summed E-state index contributed by atoms with van der Waals surface area (Å²) in [6, 6.07) is 6.55. The van der Waals surface area contributed by atoms with Gasteiger partial charge in [-0.05, 0) is 19.1 Å². The Balaban J connectivity index is 2.04. The standard InChI is InChI=1S/C12H12N2OS/c1-8-5-15-6-11(14-8)9-2-3-12-10(4-9)13-7-16-12/h2-4,7-8H,5-6H2,1H3. The van der Waals surface area contributed by atoms with Crippen molar-refractivity contribution in [2.24, 2.45) is 4.99 Å². The fraction of sp³-hybridized carbons (Fsp3) is 0.333. The molecular weight excluding hydrogens is 220 g/mol. The summed E-state index contributed by atoms with van der Waals surface area (Å²) >= 11 is 1.66. The Bertz CT molecular complexity index is 547. The number of thiazole rings is 1. The van der Waals surface area contributed by atoms with Crippen molar-refractivity contribution >= 4 is 27.3 Å². The number of ether oxygens (including phenoxy) is 1. The van der Waals surface area contributed by atoms with Crippen LogP contribution in [-0.4, -0.2) is 30.0 Å². The maximum Gasteiger partial charge on any atom is 0.0890 e. The molecule has 2 aromatic rings. The van der Waals surface area contributed by atoms with Crippen molar-refractivity contribution in [3.05, 3.63) is 29.3 Å². The van der Waals surface area contributed by atoms with E-state index in [2.05, 4.69) is 35.1 Å². The molecule has 1 aliphatic heterocycles. The average molecular weight is 232 g/mol. The Morgan fingerprint density at radius 3 is 3.25 bits per heavy atom. The third-order valence-electron chi connectivity index (χ3n) is 2.64. The minimum absolute atomic E-state index is 0.259. The first kappa shape index (κ1) is 9.93. The van der Waals surface area contributed by atoms with E-state index in [1.165, 1.54) is 4.70 Å². The first-order chi connectivity index (χ1) is 7.83. The van der Waals surface area contributed by atoms with Crippen LogP contribution in [0.5, 0.6) is 0 Å². The Labute approximate surface area is 97.8 Å². The van der Waals surface area contributed by atoms with E-state index in [0.717, 1.165) is 23.4 Å². The molecule has 2 heterocycles. The summed E-state index contributed by atoms with van der Waals surface area (Å²) in [5, 5.41) is 0. The molecule has 16 heavy (non-hydrogen) atoms. The van der Waals surface area contributed by atoms with Gasteiger partial charge in [-0.15, -0.1) is 11.3 Å². The molecule has 0 bridgehead atoms. The van der Waals surface area contributed by atoms with Gasteiger partial charge in [-0.1, -0.05) is 6.07 Å². The molecule has 4 heteroatoms. The van der Waals surface area contributed by atoms with E-state index < -0.39 is 0 Å². The number of benzene rings is 1. The van der Waals surface area contributed by atoms with Gasteiger partial charge in [-0.2, -0.15) is 0 Å². The lowest BCUT2D eigenvalue weighted by atomic mass is 10.1. The van der Waals surface area contributed by atoms with Gasteiger partial charge >= 0.3 is 0 Å². The van der Waals surface area contributed by atoms with Crippen LogP contribution < -0.4 is 0 Å². The molecule has 82 valence electrons. The first-order valence-corrected chi connectivity index (χ1v) is 6.19. The van der Waals surface area contributed by atoms with Gasteiger partial charge in [0.15, 0.2) is 0 Å². The molecule has 1 aromatic heterocycles. The van der Waals surface area contributed by atoms with Crippen LogP contribution in [0, 0.1) is 0 Å². The predicted octanol–water partition coefficient (Wildman–Crippen LogP) is 2.50. The number of aliphatic imine (C=N–C) groups is 1. The van der Waals surface area contributed by atoms with Gasteiger partial charge in [0.25, 0.3) is 0 Å². The highest BCUT2D eigenvalue weighted by Crippen LogP contribution is 2.20. The summed E-state index contributed by atoms with van der Waals surface area (Å²) in [4.78, 5) is 8.93. The second kappa shape index (κ2) is 3.96. The molecule has 1 atom stereocenters. The maximum atomic E-state index is 5.49. The molecule has 0 aliphatic carbocycles. The molecule has 0 saturated heterocycles. The zero-order valence-corrected chi connectivity index (χ0v) is 9.83. The van der Waals surface area contributed by atoms with Crippen molar-refractivity contribution in [3.63, 3.8) is 0 Å². The monoisotopic (exact) mass is 232 g/mol. The SMILES string of the molecule is CC1COCC(c2ccc3scnc3c2)=N1. The number of aromatic nitrogens is 1. The van der Waals surface area contributed by atoms with Crippen LogP contribution in [0.25, 0.3) is 10.2 Å². The molecule has 1 aliphatic rings. The lowest BCUT2D eigenvalue weighted by Gasteiger charge is -2.17. The lowest BCUT2D eigenvalue weighted by molar-refractivity contribution is 0.149. The fourth-order valence-electron chi connectivity index (χ4n) is 1.86. The second-order valence-corrected chi connectivity index (χ2v) is 4.86. The highest BCUT2D eigenvalue weighted by atomic mass is 32.1. The molecule has 3 nitrogen and oxygen atoms in total. The summed E-state index contributed by atoms with van der Waals surface area (Å²) in [5.74, 6) is 0. The third-order valence-corrected chi connectivity index (χ3v) is 3.45. The summed E-state index contributed by atoms with van der Waals surface area (Å²) < 4.78 is 6.71. The van der Waals surface area contributed by atoms with Gasteiger partial charge in [-0.25, -0.2) is 4.98 Å². The van der Waals surface area contributed by atoms with E-state index in [1.54, 1.807) is 11.3 Å². The highest BCUT2D eigenvalue weighted by molar-refractivity contribution is 7.16. The fourth-order valence-corrected chi connectivity index (χ4v) is 2.52. The van der Waals surface area contributed by atoms with E-state index in [1.807, 2.05) is 5.51 Å². The van der Waals surface area contributed by atoms with Crippen molar-refractivity contribution in [2.45, 2.75) is 13.0 Å². The van der Waals surface area contributed by atoms with E-state index in [-0.39, 0.29) is 6.04 Å². The van der Waals surface area contributed by atoms with Crippen molar-refractivity contribution in [1.29, 1.82) is 0 Å². The van der Waals surface area contributed by atoms with Gasteiger partial charge in [-0.3, -0.25) is 4.99 Å². The van der Waals surface area contributed by atoms with E-state index in [9.17, 15) is 0 Å². The molecule has 1 unspecified atom stereocenters. The molecule has 0 saturated carbocycles. The van der Waals surface area contributed by atoms with Crippen molar-refractivity contribution in [3.8, 4) is 0 Å². The van der Waals surface area contributed by atoms with Crippen LogP contribution in [0.1, 0.15) is 12.5 Å². The number of hydrogen-bond donors (Lipinski definition) is 0. The Morgan fingerprint density at radius 1 is 1.44 bits per heavy atom. The number of hydrogen-bond acceptors (Lipinski definition) is 4. The molecule has 3 rings (SSSR count). The first-order valence-electron chi connectivity index (χ1n) is 5.31. The highest BCUT2D eigenvalue weighted by Gasteiger charge is 2.13. The zero-order valence-electron chi connectivity index (χ0n) is 9.01. The maximum absolute atomic E-state index is 5.49. The Hall–Kier alpha value is -1.26. The lowest BCUT2D eigenvalue weighted by Crippen LogP contribution is -2.24. The van der Waals surface area contributed by atoms with Gasteiger partial charge in [0.05, 0.1) is 40.7 Å². The quantitative estimate of drug-likeness (QED) is 0.757. The second-order valence-electron chi connectivity index (χ2n) is 3.97.